The van der Waals surface area contributed by atoms with Crippen molar-refractivity contribution in [2.24, 2.45) is 11.7 Å². The van der Waals surface area contributed by atoms with Crippen molar-refractivity contribution in [2.45, 2.75) is 77.8 Å². The van der Waals surface area contributed by atoms with Crippen LogP contribution in [0.1, 0.15) is 68.7 Å². The van der Waals surface area contributed by atoms with Crippen LogP contribution in [0.15, 0.2) is 48.5 Å². The number of methoxy groups -OCH3 is 1. The smallest absolute Gasteiger partial charge is 0.224 e. The van der Waals surface area contributed by atoms with Crippen molar-refractivity contribution in [3.8, 4) is 0 Å². The molecule has 1 aliphatic heterocycles. The fourth-order valence-corrected chi connectivity index (χ4v) is 6.09. The lowest BCUT2D eigenvalue weighted by atomic mass is 9.91. The number of para-hydroxylation sites is 1. The zero-order valence-corrected chi connectivity index (χ0v) is 24.6. The molecule has 3 N–H and O–H groups in total. The van der Waals surface area contributed by atoms with Gasteiger partial charge in [-0.05, 0) is 67.9 Å². The van der Waals surface area contributed by atoms with Gasteiger partial charge in [-0.2, -0.15) is 0 Å². The number of hydrogen-bond acceptors (Lipinski definition) is 4. The van der Waals surface area contributed by atoms with Crippen molar-refractivity contribution in [2.75, 3.05) is 32.1 Å². The number of nitrogens with two attached hydrogens (primary N) is 1. The van der Waals surface area contributed by atoms with Crippen LogP contribution in [0.2, 0.25) is 0 Å². The summed E-state index contributed by atoms with van der Waals surface area (Å²) >= 11 is 0. The van der Waals surface area contributed by atoms with E-state index in [4.69, 9.17) is 10.5 Å². The second kappa shape index (κ2) is 14.0. The van der Waals surface area contributed by atoms with Crippen LogP contribution < -0.4 is 11.1 Å². The minimum atomic E-state index is -0.253. The van der Waals surface area contributed by atoms with E-state index in [0.29, 0.717) is 31.1 Å². The molecule has 7 heteroatoms. The standard InChI is InChI=1S/C33H46N4O3/c1-23(2)19-31(38)35-28-14-12-25(13-15-28)20-27(34)21-32(39)36-16-7-9-26(22-36)33-24(3)29-10-5-6-11-30(29)37(33)17-8-18-40-4/h5-6,10-15,23,26-27H,7-9,16-22,34H2,1-4H3,(H,35,38)/t26?,27-/m1/s1. The second-order valence-electron chi connectivity index (χ2n) is 11.7. The van der Waals surface area contributed by atoms with Crippen LogP contribution in [0.4, 0.5) is 5.69 Å². The first-order chi connectivity index (χ1) is 19.3. The molecular weight excluding hydrogens is 500 g/mol. The number of hydrogen-bond donors (Lipinski definition) is 2. The fourth-order valence-electron chi connectivity index (χ4n) is 6.09. The Morgan fingerprint density at radius 3 is 2.58 bits per heavy atom. The predicted molar refractivity (Wildman–Crippen MR) is 163 cm³/mol. The van der Waals surface area contributed by atoms with Crippen molar-refractivity contribution in [1.29, 1.82) is 0 Å². The van der Waals surface area contributed by atoms with Gasteiger partial charge in [0.25, 0.3) is 0 Å². The van der Waals surface area contributed by atoms with Gasteiger partial charge in [-0.3, -0.25) is 9.59 Å². The molecule has 3 aromatic rings. The molecule has 1 unspecified atom stereocenters. The van der Waals surface area contributed by atoms with E-state index in [9.17, 15) is 9.59 Å². The van der Waals surface area contributed by atoms with Crippen molar-refractivity contribution in [3.63, 3.8) is 0 Å². The summed E-state index contributed by atoms with van der Waals surface area (Å²) in [6.45, 7) is 9.44. The molecular formula is C33H46N4O3. The maximum absolute atomic E-state index is 13.4. The summed E-state index contributed by atoms with van der Waals surface area (Å²) in [7, 11) is 1.75. The van der Waals surface area contributed by atoms with Gasteiger partial charge in [0.2, 0.25) is 11.8 Å². The molecule has 7 nitrogen and oxygen atoms in total. The summed E-state index contributed by atoms with van der Waals surface area (Å²) < 4.78 is 7.80. The average Bonchev–Trinajstić information content (AvgIpc) is 3.21. The number of likely N-dealkylation sites (tertiary alicyclic amines) is 1. The number of aryl methyl sites for hydroxylation is 2. The first-order valence-electron chi connectivity index (χ1n) is 14.8. The van der Waals surface area contributed by atoms with Crippen LogP contribution in [-0.2, 0) is 27.3 Å². The number of carbonyl (C=O) groups is 2. The number of nitrogens with one attached hydrogen (secondary N) is 1. The third-order valence-electron chi connectivity index (χ3n) is 7.93. The number of rotatable bonds is 12. The van der Waals surface area contributed by atoms with Crippen molar-refractivity contribution >= 4 is 28.4 Å². The Morgan fingerprint density at radius 2 is 1.85 bits per heavy atom. The number of benzene rings is 2. The topological polar surface area (TPSA) is 89.6 Å². The van der Waals surface area contributed by atoms with Gasteiger partial charge in [0, 0.05) is 80.4 Å². The molecule has 40 heavy (non-hydrogen) atoms. The highest BCUT2D eigenvalue weighted by atomic mass is 16.5. The van der Waals surface area contributed by atoms with Crippen LogP contribution in [0.5, 0.6) is 0 Å². The Bertz CT molecular complexity index is 1280. The molecule has 0 saturated carbocycles. The SMILES string of the molecule is COCCCn1c(C2CCCN(C(=O)C[C@H](N)Cc3ccc(NC(=O)CC(C)C)cc3)C2)c(C)c2ccccc21. The minimum absolute atomic E-state index is 0.0235. The maximum atomic E-state index is 13.4. The summed E-state index contributed by atoms with van der Waals surface area (Å²) in [4.78, 5) is 27.4. The van der Waals surface area contributed by atoms with Crippen LogP contribution >= 0.6 is 0 Å². The Hall–Kier alpha value is -3.16. The zero-order chi connectivity index (χ0) is 28.6. The number of carbonyl (C=O) groups excluding carboxylic acids is 2. The third kappa shape index (κ3) is 7.52. The van der Waals surface area contributed by atoms with E-state index in [0.717, 1.165) is 56.8 Å². The normalized spacial score (nSPS) is 16.4. The Morgan fingerprint density at radius 1 is 1.10 bits per heavy atom. The molecule has 2 aromatic carbocycles. The Balaban J connectivity index is 1.38. The highest BCUT2D eigenvalue weighted by molar-refractivity contribution is 5.90. The molecule has 1 aliphatic rings. The van der Waals surface area contributed by atoms with E-state index in [1.165, 1.54) is 22.2 Å². The van der Waals surface area contributed by atoms with E-state index >= 15 is 0 Å². The van der Waals surface area contributed by atoms with E-state index in [-0.39, 0.29) is 17.9 Å². The van der Waals surface area contributed by atoms with E-state index in [2.05, 4.69) is 41.1 Å². The van der Waals surface area contributed by atoms with Crippen LogP contribution in [0.3, 0.4) is 0 Å². The number of fused-ring (bicyclic) bond motifs is 1. The summed E-state index contributed by atoms with van der Waals surface area (Å²) in [5, 5.41) is 4.24. The number of anilines is 1. The highest BCUT2D eigenvalue weighted by Crippen LogP contribution is 2.36. The van der Waals surface area contributed by atoms with Crippen molar-refractivity contribution in [1.82, 2.24) is 9.47 Å². The molecule has 1 saturated heterocycles. The molecule has 1 aromatic heterocycles. The molecule has 2 amide bonds. The molecule has 0 radical (unpaired) electrons. The summed E-state index contributed by atoms with van der Waals surface area (Å²) in [5.74, 6) is 0.784. The monoisotopic (exact) mass is 546 g/mol. The second-order valence-corrected chi connectivity index (χ2v) is 11.7. The number of ether oxygens (including phenoxy) is 1. The molecule has 216 valence electrons. The van der Waals surface area contributed by atoms with E-state index < -0.39 is 0 Å². The zero-order valence-electron chi connectivity index (χ0n) is 24.6. The molecule has 0 spiro atoms. The lowest BCUT2D eigenvalue weighted by Crippen LogP contribution is -2.42. The maximum Gasteiger partial charge on any atom is 0.224 e. The van der Waals surface area contributed by atoms with Gasteiger partial charge in [0.05, 0.1) is 0 Å². The number of amides is 2. The number of nitrogens with zero attached hydrogens (tertiary/aromatic N) is 2. The number of piperidine rings is 1. The first-order valence-corrected chi connectivity index (χ1v) is 14.8. The molecule has 1 fully saturated rings. The quantitative estimate of drug-likeness (QED) is 0.288. The van der Waals surface area contributed by atoms with Crippen molar-refractivity contribution < 1.29 is 14.3 Å². The third-order valence-corrected chi connectivity index (χ3v) is 7.93. The lowest BCUT2D eigenvalue weighted by Gasteiger charge is -2.34. The van der Waals surface area contributed by atoms with Gasteiger partial charge in [0.1, 0.15) is 0 Å². The van der Waals surface area contributed by atoms with Crippen molar-refractivity contribution in [3.05, 3.63) is 65.4 Å². The van der Waals surface area contributed by atoms with Gasteiger partial charge in [-0.1, -0.05) is 44.2 Å². The first kappa shape index (κ1) is 29.8. The van der Waals surface area contributed by atoms with Gasteiger partial charge < -0.3 is 25.3 Å². The summed E-state index contributed by atoms with van der Waals surface area (Å²) in [5.41, 5.74) is 12.3. The Labute approximate surface area is 239 Å². The fraction of sp³-hybridized carbons (Fsp3) is 0.515. The molecule has 2 atom stereocenters. The molecule has 2 heterocycles. The van der Waals surface area contributed by atoms with Gasteiger partial charge in [-0.15, -0.1) is 0 Å². The van der Waals surface area contributed by atoms with E-state index in [1.807, 2.05) is 43.0 Å². The highest BCUT2D eigenvalue weighted by Gasteiger charge is 2.29. The number of aromatic nitrogens is 1. The molecule has 0 bridgehead atoms. The Kier molecular flexibility index (Phi) is 10.4. The summed E-state index contributed by atoms with van der Waals surface area (Å²) in [6.07, 6.45) is 4.48. The van der Waals surface area contributed by atoms with Gasteiger partial charge in [-0.25, -0.2) is 0 Å². The van der Waals surface area contributed by atoms with Gasteiger partial charge >= 0.3 is 0 Å². The van der Waals surface area contributed by atoms with E-state index in [1.54, 1.807) is 7.11 Å². The average molecular weight is 547 g/mol. The largest absolute Gasteiger partial charge is 0.385 e. The predicted octanol–water partition coefficient (Wildman–Crippen LogP) is 5.64. The summed E-state index contributed by atoms with van der Waals surface area (Å²) in [6, 6.07) is 16.1. The van der Waals surface area contributed by atoms with Crippen LogP contribution in [0.25, 0.3) is 10.9 Å². The lowest BCUT2D eigenvalue weighted by molar-refractivity contribution is -0.132. The van der Waals surface area contributed by atoms with Gasteiger partial charge in [0.15, 0.2) is 0 Å². The van der Waals surface area contributed by atoms with Crippen LogP contribution in [0, 0.1) is 12.8 Å². The molecule has 0 aliphatic carbocycles. The molecule has 4 rings (SSSR count). The minimum Gasteiger partial charge on any atom is -0.385 e. The van der Waals surface area contributed by atoms with Crippen LogP contribution in [-0.4, -0.2) is 54.1 Å².